The van der Waals surface area contributed by atoms with E-state index in [1.807, 2.05) is 6.07 Å². The predicted molar refractivity (Wildman–Crippen MR) is 105 cm³/mol. The van der Waals surface area contributed by atoms with E-state index in [1.165, 1.54) is 22.2 Å². The summed E-state index contributed by atoms with van der Waals surface area (Å²) < 4.78 is 5.39. The van der Waals surface area contributed by atoms with Gasteiger partial charge in [0.05, 0.1) is 13.2 Å². The van der Waals surface area contributed by atoms with E-state index in [-0.39, 0.29) is 0 Å². The minimum Gasteiger partial charge on any atom is -0.497 e. The molecule has 1 aliphatic rings. The van der Waals surface area contributed by atoms with Crippen LogP contribution in [0.5, 0.6) is 5.75 Å². The fourth-order valence-electron chi connectivity index (χ4n) is 3.99. The normalized spacial score (nSPS) is 15.8. The summed E-state index contributed by atoms with van der Waals surface area (Å²) in [6, 6.07) is 12.5. The van der Waals surface area contributed by atoms with E-state index in [2.05, 4.69) is 54.1 Å². The van der Waals surface area contributed by atoms with Crippen molar-refractivity contribution in [2.45, 2.75) is 32.9 Å². The van der Waals surface area contributed by atoms with Crippen LogP contribution >= 0.6 is 0 Å². The Labute approximate surface area is 154 Å². The molecule has 0 radical (unpaired) electrons. The molecule has 0 spiro atoms. The molecule has 0 saturated carbocycles. The summed E-state index contributed by atoms with van der Waals surface area (Å²) in [6.07, 6.45) is 0.516. The molecular formula is C22H26N2O2. The molecule has 4 nitrogen and oxygen atoms in total. The molecule has 0 amide bonds. The van der Waals surface area contributed by atoms with Crippen LogP contribution in [0.15, 0.2) is 36.4 Å². The summed E-state index contributed by atoms with van der Waals surface area (Å²) in [6.45, 7) is 6.60. The highest BCUT2D eigenvalue weighted by atomic mass is 16.5. The number of aliphatic hydroxyl groups is 1. The van der Waals surface area contributed by atoms with Gasteiger partial charge in [-0.05, 0) is 48.7 Å². The van der Waals surface area contributed by atoms with Crippen molar-refractivity contribution >= 4 is 10.9 Å². The number of nitrogens with zero attached hydrogens (tertiary/aromatic N) is 1. The van der Waals surface area contributed by atoms with Gasteiger partial charge < -0.3 is 14.8 Å². The van der Waals surface area contributed by atoms with Crippen molar-refractivity contribution in [3.63, 3.8) is 0 Å². The number of β-amino-alcohol motifs (C(OH)–C–C–N with tert-alkyl or cyclic N) is 1. The first kappa shape index (κ1) is 17.1. The number of aliphatic hydroxyl groups excluding tert-OH is 1. The lowest BCUT2D eigenvalue weighted by Crippen LogP contribution is -2.34. The highest BCUT2D eigenvalue weighted by Crippen LogP contribution is 2.31. The lowest BCUT2D eigenvalue weighted by atomic mass is 9.99. The van der Waals surface area contributed by atoms with Crippen molar-refractivity contribution in [2.24, 2.45) is 0 Å². The second-order valence-corrected chi connectivity index (χ2v) is 7.35. The Balaban J connectivity index is 1.57. The molecule has 2 heterocycles. The summed E-state index contributed by atoms with van der Waals surface area (Å²) >= 11 is 0. The topological polar surface area (TPSA) is 48.5 Å². The molecule has 1 aliphatic heterocycles. The van der Waals surface area contributed by atoms with Crippen molar-refractivity contribution in [1.29, 1.82) is 0 Å². The largest absolute Gasteiger partial charge is 0.497 e. The maximum Gasteiger partial charge on any atom is 0.119 e. The van der Waals surface area contributed by atoms with E-state index in [0.29, 0.717) is 6.54 Å². The van der Waals surface area contributed by atoms with Crippen molar-refractivity contribution in [3.05, 3.63) is 64.3 Å². The Hall–Kier alpha value is -2.30. The van der Waals surface area contributed by atoms with Gasteiger partial charge in [0.2, 0.25) is 0 Å². The maximum atomic E-state index is 10.8. The molecule has 4 rings (SSSR count). The Morgan fingerprint density at radius 2 is 2.04 bits per heavy atom. The summed E-state index contributed by atoms with van der Waals surface area (Å²) in [5, 5.41) is 12.0. The molecule has 0 fully saturated rings. The summed E-state index contributed by atoms with van der Waals surface area (Å²) in [4.78, 5) is 5.89. The molecule has 4 heteroatoms. The zero-order valence-electron chi connectivity index (χ0n) is 15.7. The summed E-state index contributed by atoms with van der Waals surface area (Å²) in [5.74, 6) is 0.881. The molecule has 0 unspecified atom stereocenters. The van der Waals surface area contributed by atoms with Gasteiger partial charge in [-0.2, -0.15) is 0 Å². The third-order valence-electron chi connectivity index (χ3n) is 5.49. The number of H-pyrrole nitrogens is 1. The number of aromatic amines is 1. The van der Waals surface area contributed by atoms with Gasteiger partial charge in [-0.1, -0.05) is 23.8 Å². The quantitative estimate of drug-likeness (QED) is 0.751. The van der Waals surface area contributed by atoms with Gasteiger partial charge in [-0.25, -0.2) is 0 Å². The lowest BCUT2D eigenvalue weighted by Gasteiger charge is -2.29. The third-order valence-corrected chi connectivity index (χ3v) is 5.49. The number of hydrogen-bond acceptors (Lipinski definition) is 3. The fourth-order valence-corrected chi connectivity index (χ4v) is 3.99. The molecule has 0 aliphatic carbocycles. The predicted octanol–water partition coefficient (Wildman–Crippen LogP) is 3.89. The van der Waals surface area contributed by atoms with Gasteiger partial charge in [0.15, 0.2) is 0 Å². The number of hydrogen-bond donors (Lipinski definition) is 2. The first-order valence-electron chi connectivity index (χ1n) is 9.20. The van der Waals surface area contributed by atoms with Gasteiger partial charge in [-0.3, -0.25) is 4.90 Å². The van der Waals surface area contributed by atoms with Crippen LogP contribution in [0.2, 0.25) is 0 Å². The molecule has 3 aromatic rings. The summed E-state index contributed by atoms with van der Waals surface area (Å²) in [5.41, 5.74) is 7.18. The number of fused-ring (bicyclic) bond motifs is 3. The van der Waals surface area contributed by atoms with Crippen LogP contribution < -0.4 is 4.74 Å². The monoisotopic (exact) mass is 350 g/mol. The Morgan fingerprint density at radius 3 is 2.85 bits per heavy atom. The van der Waals surface area contributed by atoms with E-state index in [4.69, 9.17) is 4.74 Å². The Morgan fingerprint density at radius 1 is 1.19 bits per heavy atom. The second-order valence-electron chi connectivity index (χ2n) is 7.35. The standard InChI is InChI=1S/C22H26N2O2/c1-14-4-5-15(2)17(10-14)22(25)13-24-9-8-21-19(12-24)18-11-16(26-3)6-7-20(18)23-21/h4-7,10-11,22-23,25H,8-9,12-13H2,1-3H3/t22-/m0/s1. The van der Waals surface area contributed by atoms with E-state index >= 15 is 0 Å². The van der Waals surface area contributed by atoms with Gasteiger partial charge >= 0.3 is 0 Å². The second kappa shape index (κ2) is 6.78. The van der Waals surface area contributed by atoms with Crippen LogP contribution in [0.4, 0.5) is 0 Å². The van der Waals surface area contributed by atoms with E-state index in [1.54, 1.807) is 7.11 Å². The van der Waals surface area contributed by atoms with Crippen molar-refractivity contribution in [3.8, 4) is 5.75 Å². The summed E-state index contributed by atoms with van der Waals surface area (Å²) in [7, 11) is 1.70. The molecule has 2 aromatic carbocycles. The SMILES string of the molecule is COc1ccc2[nH]c3c(c2c1)CN(C[C@H](O)c1cc(C)ccc1C)CC3. The first-order valence-corrected chi connectivity index (χ1v) is 9.20. The first-order chi connectivity index (χ1) is 12.5. The number of aryl methyl sites for hydroxylation is 2. The molecule has 0 saturated heterocycles. The zero-order chi connectivity index (χ0) is 18.3. The lowest BCUT2D eigenvalue weighted by molar-refractivity contribution is 0.105. The number of ether oxygens (including phenoxy) is 1. The molecule has 2 N–H and O–H groups in total. The number of nitrogens with one attached hydrogen (secondary N) is 1. The average Bonchev–Trinajstić information content (AvgIpc) is 3.00. The zero-order valence-corrected chi connectivity index (χ0v) is 15.7. The Kier molecular flexibility index (Phi) is 4.47. The molecule has 26 heavy (non-hydrogen) atoms. The fraction of sp³-hybridized carbons (Fsp3) is 0.364. The molecule has 1 atom stereocenters. The van der Waals surface area contributed by atoms with E-state index in [0.717, 1.165) is 41.9 Å². The Bertz CT molecular complexity index is 945. The van der Waals surface area contributed by atoms with Crippen molar-refractivity contribution in [2.75, 3.05) is 20.2 Å². The third kappa shape index (κ3) is 3.11. The number of benzene rings is 2. The van der Waals surface area contributed by atoms with Crippen LogP contribution in [0, 0.1) is 13.8 Å². The average molecular weight is 350 g/mol. The van der Waals surface area contributed by atoms with Gasteiger partial charge in [0.1, 0.15) is 5.75 Å². The minimum atomic E-state index is -0.462. The van der Waals surface area contributed by atoms with Crippen molar-refractivity contribution in [1.82, 2.24) is 9.88 Å². The van der Waals surface area contributed by atoms with Crippen LogP contribution in [0.3, 0.4) is 0 Å². The highest BCUT2D eigenvalue weighted by molar-refractivity contribution is 5.86. The maximum absolute atomic E-state index is 10.8. The van der Waals surface area contributed by atoms with E-state index < -0.39 is 6.10 Å². The van der Waals surface area contributed by atoms with E-state index in [9.17, 15) is 5.11 Å². The van der Waals surface area contributed by atoms with Crippen LogP contribution in [0.25, 0.3) is 10.9 Å². The molecule has 1 aromatic heterocycles. The van der Waals surface area contributed by atoms with Gasteiger partial charge in [-0.15, -0.1) is 0 Å². The van der Waals surface area contributed by atoms with Crippen LogP contribution in [-0.4, -0.2) is 35.2 Å². The van der Waals surface area contributed by atoms with Crippen LogP contribution in [0.1, 0.15) is 34.1 Å². The van der Waals surface area contributed by atoms with Crippen molar-refractivity contribution < 1.29 is 9.84 Å². The van der Waals surface area contributed by atoms with Crippen LogP contribution in [-0.2, 0) is 13.0 Å². The molecule has 136 valence electrons. The number of methoxy groups -OCH3 is 1. The number of aromatic nitrogens is 1. The minimum absolute atomic E-state index is 0.462. The number of rotatable bonds is 4. The smallest absolute Gasteiger partial charge is 0.119 e. The van der Waals surface area contributed by atoms with Gasteiger partial charge in [0.25, 0.3) is 0 Å². The van der Waals surface area contributed by atoms with Gasteiger partial charge in [0, 0.05) is 42.7 Å². The highest BCUT2D eigenvalue weighted by Gasteiger charge is 2.23. The molecular weight excluding hydrogens is 324 g/mol. The molecule has 0 bridgehead atoms.